The van der Waals surface area contributed by atoms with Crippen molar-refractivity contribution in [3.8, 4) is 0 Å². The second kappa shape index (κ2) is 17.3. The lowest BCUT2D eigenvalue weighted by molar-refractivity contribution is -0.142. The molecular weight excluding hydrogens is 504 g/mol. The summed E-state index contributed by atoms with van der Waals surface area (Å²) in [5, 5.41) is 17.0. The van der Waals surface area contributed by atoms with Crippen LogP contribution >= 0.6 is 11.8 Å². The van der Waals surface area contributed by atoms with E-state index in [0.29, 0.717) is 30.8 Å². The van der Waals surface area contributed by atoms with E-state index in [1.54, 1.807) is 6.20 Å². The first kappa shape index (κ1) is 31.9. The van der Waals surface area contributed by atoms with Crippen LogP contribution in [0, 0.1) is 0 Å². The summed E-state index contributed by atoms with van der Waals surface area (Å²) in [6.07, 6.45) is 6.23. The first-order chi connectivity index (χ1) is 17.6. The van der Waals surface area contributed by atoms with E-state index in [4.69, 9.17) is 17.2 Å². The highest BCUT2D eigenvalue weighted by Gasteiger charge is 2.30. The van der Waals surface area contributed by atoms with Crippen molar-refractivity contribution in [3.63, 3.8) is 0 Å². The van der Waals surface area contributed by atoms with Gasteiger partial charge in [-0.25, -0.2) is 9.78 Å². The average Bonchev–Trinajstić information content (AvgIpc) is 3.36. The van der Waals surface area contributed by atoms with Gasteiger partial charge in [0.05, 0.1) is 12.4 Å². The number of hydrogen-bond donors (Lipinski definition) is 8. The molecule has 1 rings (SSSR count). The Hall–Kier alpha value is -3.17. The molecule has 4 amide bonds. The first-order valence-electron chi connectivity index (χ1n) is 11.9. The van der Waals surface area contributed by atoms with Crippen molar-refractivity contribution in [2.75, 3.05) is 18.6 Å². The van der Waals surface area contributed by atoms with Gasteiger partial charge in [-0.15, -0.1) is 0 Å². The summed E-state index contributed by atoms with van der Waals surface area (Å²) in [6.45, 7) is 0.405. The molecule has 37 heavy (non-hydrogen) atoms. The van der Waals surface area contributed by atoms with E-state index in [2.05, 4.69) is 25.9 Å². The fourth-order valence-electron chi connectivity index (χ4n) is 3.36. The van der Waals surface area contributed by atoms with E-state index in [-0.39, 0.29) is 32.1 Å². The average molecular weight is 543 g/mol. The Bertz CT molecular complexity index is 885. The van der Waals surface area contributed by atoms with E-state index in [9.17, 15) is 29.1 Å². The molecule has 0 fully saturated rings. The summed E-state index contributed by atoms with van der Waals surface area (Å²) < 4.78 is 0. The normalized spacial score (nSPS) is 14.1. The largest absolute Gasteiger partial charge is 0.480 e. The molecule has 0 spiro atoms. The van der Waals surface area contributed by atoms with Crippen molar-refractivity contribution in [1.29, 1.82) is 0 Å². The third-order valence-corrected chi connectivity index (χ3v) is 6.09. The zero-order valence-electron chi connectivity index (χ0n) is 20.9. The maximum absolute atomic E-state index is 13.1. The van der Waals surface area contributed by atoms with Gasteiger partial charge in [0.25, 0.3) is 0 Å². The van der Waals surface area contributed by atoms with Crippen LogP contribution in [0.5, 0.6) is 0 Å². The number of aromatic amines is 1. The molecule has 0 bridgehead atoms. The summed E-state index contributed by atoms with van der Waals surface area (Å²) in [6, 6.07) is -4.35. The number of unbranched alkanes of at least 4 members (excludes halogenated alkanes) is 1. The number of thioether (sulfide) groups is 1. The second-order valence-electron chi connectivity index (χ2n) is 8.48. The number of hydrogen-bond acceptors (Lipinski definition) is 9. The molecule has 11 N–H and O–H groups in total. The van der Waals surface area contributed by atoms with E-state index >= 15 is 0 Å². The molecule has 1 aromatic heterocycles. The molecular formula is C22H38N8O6S. The Balaban J connectivity index is 2.92. The third kappa shape index (κ3) is 12.6. The minimum atomic E-state index is -1.35. The Morgan fingerprint density at radius 3 is 2.16 bits per heavy atom. The second-order valence-corrected chi connectivity index (χ2v) is 9.47. The van der Waals surface area contributed by atoms with Gasteiger partial charge in [0.15, 0.2) is 0 Å². The molecule has 1 aromatic rings. The number of amides is 4. The zero-order chi connectivity index (χ0) is 27.8. The Morgan fingerprint density at radius 2 is 1.62 bits per heavy atom. The van der Waals surface area contributed by atoms with Crippen LogP contribution in [0.2, 0.25) is 0 Å². The number of imidazole rings is 1. The molecule has 4 unspecified atom stereocenters. The van der Waals surface area contributed by atoms with E-state index in [1.807, 2.05) is 6.26 Å². The van der Waals surface area contributed by atoms with Gasteiger partial charge in [-0.05, 0) is 50.7 Å². The van der Waals surface area contributed by atoms with Gasteiger partial charge < -0.3 is 43.2 Å². The summed E-state index contributed by atoms with van der Waals surface area (Å²) >= 11 is 1.44. The minimum Gasteiger partial charge on any atom is -0.480 e. The van der Waals surface area contributed by atoms with Crippen molar-refractivity contribution < 1.29 is 29.1 Å². The summed E-state index contributed by atoms with van der Waals surface area (Å²) in [5.41, 5.74) is 17.3. The number of carboxylic acids is 1. The molecule has 15 heteroatoms. The lowest BCUT2D eigenvalue weighted by atomic mass is 10.1. The third-order valence-electron chi connectivity index (χ3n) is 5.45. The summed E-state index contributed by atoms with van der Waals surface area (Å²) in [7, 11) is 0. The number of primary amides is 1. The predicted molar refractivity (Wildman–Crippen MR) is 138 cm³/mol. The molecule has 14 nitrogen and oxygen atoms in total. The van der Waals surface area contributed by atoms with Crippen molar-refractivity contribution in [2.45, 2.75) is 69.1 Å². The molecule has 0 aliphatic carbocycles. The highest BCUT2D eigenvalue weighted by Crippen LogP contribution is 2.07. The summed E-state index contributed by atoms with van der Waals surface area (Å²) in [4.78, 5) is 68.0. The van der Waals surface area contributed by atoms with Gasteiger partial charge in [0.1, 0.15) is 18.1 Å². The number of nitrogens with zero attached hydrogens (tertiary/aromatic N) is 1. The fraction of sp³-hybridized carbons (Fsp3) is 0.636. The van der Waals surface area contributed by atoms with E-state index in [0.717, 1.165) is 0 Å². The van der Waals surface area contributed by atoms with Crippen LogP contribution in [-0.4, -0.2) is 87.4 Å². The van der Waals surface area contributed by atoms with Gasteiger partial charge in [-0.2, -0.15) is 11.8 Å². The van der Waals surface area contributed by atoms with Gasteiger partial charge in [0, 0.05) is 24.7 Å². The molecule has 0 radical (unpaired) electrons. The number of rotatable bonds is 19. The van der Waals surface area contributed by atoms with Crippen LogP contribution in [0.4, 0.5) is 0 Å². The van der Waals surface area contributed by atoms with Crippen LogP contribution in [-0.2, 0) is 30.4 Å². The number of carbonyl (C=O) groups is 5. The molecule has 0 saturated heterocycles. The van der Waals surface area contributed by atoms with Crippen molar-refractivity contribution in [1.82, 2.24) is 25.9 Å². The van der Waals surface area contributed by atoms with Crippen LogP contribution in [0.3, 0.4) is 0 Å². The number of nitrogens with two attached hydrogens (primary N) is 3. The van der Waals surface area contributed by atoms with Crippen molar-refractivity contribution in [3.05, 3.63) is 18.2 Å². The van der Waals surface area contributed by atoms with Crippen molar-refractivity contribution in [2.24, 2.45) is 17.2 Å². The lowest BCUT2D eigenvalue weighted by Crippen LogP contribution is -2.57. The molecule has 0 aliphatic heterocycles. The van der Waals surface area contributed by atoms with E-state index in [1.165, 1.54) is 18.1 Å². The minimum absolute atomic E-state index is 0.184. The maximum atomic E-state index is 13.1. The molecule has 208 valence electrons. The number of aliphatic carboxylic acids is 1. The predicted octanol–water partition coefficient (Wildman–Crippen LogP) is -2.03. The zero-order valence-corrected chi connectivity index (χ0v) is 21.7. The smallest absolute Gasteiger partial charge is 0.326 e. The molecule has 0 saturated carbocycles. The Kier molecular flexibility index (Phi) is 14.9. The topological polar surface area (TPSA) is 248 Å². The quantitative estimate of drug-likeness (QED) is 0.0890. The van der Waals surface area contributed by atoms with Crippen LogP contribution in [0.15, 0.2) is 12.5 Å². The SMILES string of the molecule is CSCCC(NC(=O)C(CCCCN)NC(=O)C(N)Cc1cnc[nH]1)C(=O)NC(CCC(N)=O)C(=O)O. The standard InChI is InChI=1S/C22H38N8O6S/c1-37-9-7-16(21(34)30-17(22(35)36)5-6-18(25)31)29-20(33)15(4-2-3-8-23)28-19(32)14(24)10-13-11-26-12-27-13/h11-12,14-17H,2-10,23-24H2,1H3,(H2,25,31)(H,26,27)(H,28,32)(H,29,33)(H,30,34)(H,35,36). The number of aromatic nitrogens is 2. The van der Waals surface area contributed by atoms with Crippen LogP contribution in [0.1, 0.15) is 44.2 Å². The molecule has 0 aromatic carbocycles. The lowest BCUT2D eigenvalue weighted by Gasteiger charge is -2.25. The van der Waals surface area contributed by atoms with Gasteiger partial charge in [0.2, 0.25) is 23.6 Å². The first-order valence-corrected chi connectivity index (χ1v) is 13.3. The maximum Gasteiger partial charge on any atom is 0.326 e. The van der Waals surface area contributed by atoms with Crippen molar-refractivity contribution >= 4 is 41.4 Å². The van der Waals surface area contributed by atoms with Gasteiger partial charge in [-0.3, -0.25) is 19.2 Å². The number of carboxylic acid groups (broad SMARTS) is 1. The van der Waals surface area contributed by atoms with Crippen LogP contribution < -0.4 is 33.2 Å². The highest BCUT2D eigenvalue weighted by molar-refractivity contribution is 7.98. The summed E-state index contributed by atoms with van der Waals surface area (Å²) in [5.74, 6) is -3.41. The number of H-pyrrole nitrogens is 1. The van der Waals surface area contributed by atoms with E-state index < -0.39 is 53.8 Å². The monoisotopic (exact) mass is 542 g/mol. The fourth-order valence-corrected chi connectivity index (χ4v) is 3.83. The Labute approximate surface area is 219 Å². The number of nitrogens with one attached hydrogen (secondary N) is 4. The number of carbonyl (C=O) groups excluding carboxylic acids is 4. The molecule has 4 atom stereocenters. The molecule has 0 aliphatic rings. The molecule has 1 heterocycles. The van der Waals surface area contributed by atoms with Gasteiger partial charge in [-0.1, -0.05) is 0 Å². The highest BCUT2D eigenvalue weighted by atomic mass is 32.2. The van der Waals surface area contributed by atoms with Crippen LogP contribution in [0.25, 0.3) is 0 Å². The Morgan fingerprint density at radius 1 is 1.00 bits per heavy atom. The van der Waals surface area contributed by atoms with Gasteiger partial charge >= 0.3 is 5.97 Å².